The van der Waals surface area contributed by atoms with E-state index in [1.807, 2.05) is 13.1 Å². The van der Waals surface area contributed by atoms with Crippen LogP contribution in [0.2, 0.25) is 0 Å². The molecule has 9 nitrogen and oxygen atoms in total. The molecule has 1 atom stereocenters. The van der Waals surface area contributed by atoms with Crippen LogP contribution in [-0.4, -0.2) is 53.5 Å². The summed E-state index contributed by atoms with van der Waals surface area (Å²) in [6.45, 7) is 1.67. The summed E-state index contributed by atoms with van der Waals surface area (Å²) in [7, 11) is -1.92. The summed E-state index contributed by atoms with van der Waals surface area (Å²) in [6.07, 6.45) is 5.80. The molecule has 0 amide bonds. The van der Waals surface area contributed by atoms with Crippen molar-refractivity contribution in [2.75, 3.05) is 30.8 Å². The van der Waals surface area contributed by atoms with Crippen LogP contribution >= 0.6 is 0 Å². The average molecular weight is 450 g/mol. The Morgan fingerprint density at radius 1 is 1.09 bits per heavy atom. The number of aromatic nitrogens is 4. The van der Waals surface area contributed by atoms with Gasteiger partial charge in [-0.25, -0.2) is 27.3 Å². The van der Waals surface area contributed by atoms with Gasteiger partial charge in [-0.2, -0.15) is 0 Å². The largest absolute Gasteiger partial charge is 0.369 e. The lowest BCUT2D eigenvalue weighted by Gasteiger charge is -2.20. The summed E-state index contributed by atoms with van der Waals surface area (Å²) in [5.74, 6) is 0.121. The van der Waals surface area contributed by atoms with Crippen LogP contribution in [0.4, 0.5) is 11.6 Å². The van der Waals surface area contributed by atoms with Gasteiger partial charge in [-0.05, 0) is 37.7 Å². The van der Waals surface area contributed by atoms with Crippen molar-refractivity contribution in [3.63, 3.8) is 0 Å². The Morgan fingerprint density at radius 2 is 1.88 bits per heavy atom. The monoisotopic (exact) mass is 449 g/mol. The number of hydrogen-bond acceptors (Lipinski definition) is 8. The van der Waals surface area contributed by atoms with Crippen molar-refractivity contribution >= 4 is 32.7 Å². The molecular weight excluding hydrogens is 426 g/mol. The van der Waals surface area contributed by atoms with Crippen LogP contribution in [0.25, 0.3) is 22.3 Å². The van der Waals surface area contributed by atoms with Crippen molar-refractivity contribution in [1.29, 1.82) is 0 Å². The number of nitrogen functional groups attached to an aromatic ring is 1. The van der Waals surface area contributed by atoms with Crippen LogP contribution < -0.4 is 16.0 Å². The molecule has 3 N–H and O–H groups in total. The molecule has 1 aromatic carbocycles. The first-order valence-electron chi connectivity index (χ1n) is 10.3. The number of fused-ring (bicyclic) bond motifs is 1. The molecule has 1 aliphatic rings. The molecule has 10 heteroatoms. The third-order valence-corrected chi connectivity index (χ3v) is 7.48. The van der Waals surface area contributed by atoms with Crippen LogP contribution in [0.3, 0.4) is 0 Å². The first-order valence-corrected chi connectivity index (χ1v) is 11.7. The van der Waals surface area contributed by atoms with E-state index in [2.05, 4.69) is 25.2 Å². The SMILES string of the molecule is CNC1CCN(c2ccnc3c2c(-c2ccnc(N)n2)cn3S(=O)(=O)c2ccccc2)C1. The fourth-order valence-corrected chi connectivity index (χ4v) is 5.53. The standard InChI is InChI=1S/C22H23N7O2S/c1-24-15-9-12-28(13-15)19-8-11-25-21-20(19)17(18-7-10-26-22(23)27-18)14-29(21)32(30,31)16-5-3-2-4-6-16/h2-8,10-11,14-15,24H,9,12-13H2,1H3,(H2,23,26,27). The number of nitrogens with one attached hydrogen (secondary N) is 1. The fraction of sp³-hybridized carbons (Fsp3) is 0.227. The highest BCUT2D eigenvalue weighted by Crippen LogP contribution is 2.38. The number of nitrogens with two attached hydrogens (primary N) is 1. The summed E-state index contributed by atoms with van der Waals surface area (Å²) >= 11 is 0. The Balaban J connectivity index is 1.78. The van der Waals surface area contributed by atoms with E-state index < -0.39 is 10.0 Å². The van der Waals surface area contributed by atoms with Crippen molar-refractivity contribution in [3.8, 4) is 11.3 Å². The number of pyridine rings is 1. The van der Waals surface area contributed by atoms with Crippen molar-refractivity contribution in [2.24, 2.45) is 0 Å². The Hall–Kier alpha value is -3.50. The second kappa shape index (κ2) is 7.88. The van der Waals surface area contributed by atoms with E-state index in [1.165, 1.54) is 3.97 Å². The highest BCUT2D eigenvalue weighted by Gasteiger charge is 2.28. The zero-order valence-corrected chi connectivity index (χ0v) is 18.3. The Labute approximate surface area is 186 Å². The lowest BCUT2D eigenvalue weighted by atomic mass is 10.1. The van der Waals surface area contributed by atoms with Gasteiger partial charge in [0.2, 0.25) is 5.95 Å². The molecule has 164 valence electrons. The summed E-state index contributed by atoms with van der Waals surface area (Å²) in [5.41, 5.74) is 8.30. The van der Waals surface area contributed by atoms with Crippen molar-refractivity contribution in [1.82, 2.24) is 24.2 Å². The number of likely N-dealkylation sites (N-methyl/N-ethyl adjacent to an activating group) is 1. The van der Waals surface area contributed by atoms with E-state index in [-0.39, 0.29) is 10.8 Å². The van der Waals surface area contributed by atoms with Crippen LogP contribution in [0.5, 0.6) is 0 Å². The second-order valence-electron chi connectivity index (χ2n) is 7.71. The lowest BCUT2D eigenvalue weighted by molar-refractivity contribution is 0.589. The van der Waals surface area contributed by atoms with Gasteiger partial charge in [-0.1, -0.05) is 18.2 Å². The van der Waals surface area contributed by atoms with E-state index >= 15 is 0 Å². The van der Waals surface area contributed by atoms with Gasteiger partial charge < -0.3 is 16.0 Å². The topological polar surface area (TPSA) is 119 Å². The molecule has 3 aromatic heterocycles. The molecule has 5 rings (SSSR count). The average Bonchev–Trinajstić information content (AvgIpc) is 3.45. The third kappa shape index (κ3) is 3.37. The predicted octanol–water partition coefficient (Wildman–Crippen LogP) is 2.11. The molecule has 0 radical (unpaired) electrons. The van der Waals surface area contributed by atoms with Crippen LogP contribution in [0.1, 0.15) is 6.42 Å². The van der Waals surface area contributed by atoms with E-state index in [1.54, 1.807) is 55.0 Å². The Bertz CT molecular complexity index is 1390. The molecular formula is C22H23N7O2S. The van der Waals surface area contributed by atoms with Crippen LogP contribution in [0, 0.1) is 0 Å². The van der Waals surface area contributed by atoms with Gasteiger partial charge in [0.1, 0.15) is 0 Å². The maximum atomic E-state index is 13.5. The van der Waals surface area contributed by atoms with E-state index in [9.17, 15) is 8.42 Å². The first kappa shape index (κ1) is 20.4. The van der Waals surface area contributed by atoms with Crippen molar-refractivity contribution in [2.45, 2.75) is 17.4 Å². The quantitative estimate of drug-likeness (QED) is 0.476. The number of benzene rings is 1. The van der Waals surface area contributed by atoms with Gasteiger partial charge in [0.05, 0.1) is 21.7 Å². The summed E-state index contributed by atoms with van der Waals surface area (Å²) < 4.78 is 28.3. The van der Waals surface area contributed by atoms with Gasteiger partial charge >= 0.3 is 0 Å². The molecule has 0 bridgehead atoms. The van der Waals surface area contributed by atoms with Gasteiger partial charge in [0, 0.05) is 43.3 Å². The molecule has 0 saturated carbocycles. The minimum atomic E-state index is -3.87. The first-order chi connectivity index (χ1) is 15.5. The van der Waals surface area contributed by atoms with Gasteiger partial charge in [-0.3, -0.25) is 0 Å². The summed E-state index contributed by atoms with van der Waals surface area (Å²) in [6, 6.07) is 12.3. The van der Waals surface area contributed by atoms with Crippen LogP contribution in [0.15, 0.2) is 66.0 Å². The lowest BCUT2D eigenvalue weighted by Crippen LogP contribution is -2.29. The highest BCUT2D eigenvalue weighted by molar-refractivity contribution is 7.90. The maximum absolute atomic E-state index is 13.5. The molecule has 32 heavy (non-hydrogen) atoms. The number of hydrogen-bond donors (Lipinski definition) is 2. The van der Waals surface area contributed by atoms with E-state index in [4.69, 9.17) is 5.73 Å². The minimum Gasteiger partial charge on any atom is -0.369 e. The van der Waals surface area contributed by atoms with E-state index in [0.717, 1.165) is 30.6 Å². The maximum Gasteiger partial charge on any atom is 0.269 e. The second-order valence-corrected chi connectivity index (χ2v) is 9.52. The van der Waals surface area contributed by atoms with Gasteiger partial charge in [0.25, 0.3) is 10.0 Å². The molecule has 4 aromatic rings. The molecule has 0 spiro atoms. The molecule has 1 aliphatic heterocycles. The third-order valence-electron chi connectivity index (χ3n) is 5.82. The zero-order chi connectivity index (χ0) is 22.3. The Kier molecular flexibility index (Phi) is 5.03. The Morgan fingerprint density at radius 3 is 2.59 bits per heavy atom. The number of anilines is 2. The molecule has 4 heterocycles. The van der Waals surface area contributed by atoms with E-state index in [0.29, 0.717) is 22.9 Å². The molecule has 0 aliphatic carbocycles. The minimum absolute atomic E-state index is 0.121. The van der Waals surface area contributed by atoms with Crippen molar-refractivity contribution < 1.29 is 8.42 Å². The number of rotatable bonds is 5. The van der Waals surface area contributed by atoms with Crippen molar-refractivity contribution in [3.05, 3.63) is 61.1 Å². The number of nitrogens with zero attached hydrogens (tertiary/aromatic N) is 5. The molecule has 1 saturated heterocycles. The normalized spacial score (nSPS) is 16.7. The highest BCUT2D eigenvalue weighted by atomic mass is 32.2. The fourth-order valence-electron chi connectivity index (χ4n) is 4.19. The van der Waals surface area contributed by atoms with Gasteiger partial charge in [0.15, 0.2) is 5.65 Å². The summed E-state index contributed by atoms with van der Waals surface area (Å²) in [5, 5.41) is 4.04. The predicted molar refractivity (Wildman–Crippen MR) is 124 cm³/mol. The molecule has 1 fully saturated rings. The summed E-state index contributed by atoms with van der Waals surface area (Å²) in [4.78, 5) is 15.3. The van der Waals surface area contributed by atoms with Gasteiger partial charge in [-0.15, -0.1) is 0 Å². The van der Waals surface area contributed by atoms with Crippen LogP contribution in [-0.2, 0) is 10.0 Å². The zero-order valence-electron chi connectivity index (χ0n) is 17.5. The smallest absolute Gasteiger partial charge is 0.269 e. The molecule has 1 unspecified atom stereocenters.